The van der Waals surface area contributed by atoms with Crippen molar-refractivity contribution < 1.29 is 4.39 Å². The van der Waals surface area contributed by atoms with E-state index in [4.69, 9.17) is 0 Å². The van der Waals surface area contributed by atoms with E-state index in [1.165, 1.54) is 19.3 Å². The van der Waals surface area contributed by atoms with E-state index in [1.54, 1.807) is 0 Å². The van der Waals surface area contributed by atoms with Gasteiger partial charge in [0.25, 0.3) is 0 Å². The highest BCUT2D eigenvalue weighted by Gasteiger charge is 2.17. The van der Waals surface area contributed by atoms with E-state index in [-0.39, 0.29) is 5.54 Å². The van der Waals surface area contributed by atoms with Gasteiger partial charge in [-0.05, 0) is 52.0 Å². The molecule has 1 aliphatic carbocycles. The van der Waals surface area contributed by atoms with Gasteiger partial charge in [-0.3, -0.25) is 0 Å². The number of halogens is 1. The van der Waals surface area contributed by atoms with Crippen LogP contribution in [0, 0.1) is 0 Å². The minimum atomic E-state index is -0.794. The van der Waals surface area contributed by atoms with Gasteiger partial charge in [0.1, 0.15) is 6.17 Å². The third kappa shape index (κ3) is 5.64. The molecule has 1 N–H and O–H groups in total. The normalized spacial score (nSPS) is 20.9. The zero-order valence-electron chi connectivity index (χ0n) is 11.0. The topological polar surface area (TPSA) is 12.0 Å². The summed E-state index contributed by atoms with van der Waals surface area (Å²) in [6.45, 7) is 6.68. The predicted molar refractivity (Wildman–Crippen MR) is 68.4 cm³/mol. The Morgan fingerprint density at radius 1 is 1.25 bits per heavy atom. The minimum Gasteiger partial charge on any atom is -0.309 e. The molecule has 16 heavy (non-hydrogen) atoms. The average Bonchev–Trinajstić information content (AvgIpc) is 2.12. The van der Waals surface area contributed by atoms with Crippen LogP contribution in [0.4, 0.5) is 4.39 Å². The SMILES string of the molecule is CC(C)(C)NCC(F)C1=CCCCCCC1. The predicted octanol–water partition coefficient (Wildman–Crippen LogP) is 3.99. The van der Waals surface area contributed by atoms with Gasteiger partial charge in [0, 0.05) is 12.1 Å². The smallest absolute Gasteiger partial charge is 0.134 e. The van der Waals surface area contributed by atoms with Gasteiger partial charge < -0.3 is 5.32 Å². The molecule has 0 saturated carbocycles. The molecule has 0 saturated heterocycles. The van der Waals surface area contributed by atoms with E-state index in [9.17, 15) is 4.39 Å². The van der Waals surface area contributed by atoms with Crippen LogP contribution < -0.4 is 5.32 Å². The van der Waals surface area contributed by atoms with Crippen LogP contribution >= 0.6 is 0 Å². The summed E-state index contributed by atoms with van der Waals surface area (Å²) in [5.74, 6) is 0. The van der Waals surface area contributed by atoms with Gasteiger partial charge in [-0.25, -0.2) is 4.39 Å². The lowest BCUT2D eigenvalue weighted by atomic mass is 9.96. The maximum atomic E-state index is 14.0. The fraction of sp³-hybridized carbons (Fsp3) is 0.857. The summed E-state index contributed by atoms with van der Waals surface area (Å²) in [4.78, 5) is 0. The van der Waals surface area contributed by atoms with Gasteiger partial charge in [0.05, 0.1) is 0 Å². The van der Waals surface area contributed by atoms with Crippen LogP contribution in [0.5, 0.6) is 0 Å². The summed E-state index contributed by atoms with van der Waals surface area (Å²) in [7, 11) is 0. The maximum absolute atomic E-state index is 14.0. The first kappa shape index (κ1) is 13.7. The van der Waals surface area contributed by atoms with Crippen molar-refractivity contribution in [2.75, 3.05) is 6.54 Å². The number of hydrogen-bond donors (Lipinski definition) is 1. The maximum Gasteiger partial charge on any atom is 0.134 e. The first-order valence-electron chi connectivity index (χ1n) is 6.57. The second kappa shape index (κ2) is 6.39. The molecule has 0 fully saturated rings. The first-order valence-corrected chi connectivity index (χ1v) is 6.57. The van der Waals surface area contributed by atoms with Crippen LogP contribution in [0.1, 0.15) is 59.3 Å². The van der Waals surface area contributed by atoms with Gasteiger partial charge in [0.15, 0.2) is 0 Å². The Kier molecular flexibility index (Phi) is 5.47. The number of alkyl halides is 1. The largest absolute Gasteiger partial charge is 0.309 e. The molecule has 0 aliphatic heterocycles. The van der Waals surface area contributed by atoms with Crippen LogP contribution in [0.3, 0.4) is 0 Å². The van der Waals surface area contributed by atoms with Gasteiger partial charge in [0.2, 0.25) is 0 Å². The molecule has 2 heteroatoms. The zero-order valence-corrected chi connectivity index (χ0v) is 11.0. The Morgan fingerprint density at radius 3 is 2.62 bits per heavy atom. The van der Waals surface area contributed by atoms with Crippen molar-refractivity contribution in [2.24, 2.45) is 0 Å². The Morgan fingerprint density at radius 2 is 1.94 bits per heavy atom. The number of rotatable bonds is 3. The number of hydrogen-bond acceptors (Lipinski definition) is 1. The van der Waals surface area contributed by atoms with Crippen LogP contribution in [-0.4, -0.2) is 18.3 Å². The van der Waals surface area contributed by atoms with Crippen molar-refractivity contribution in [1.29, 1.82) is 0 Å². The number of allylic oxidation sites excluding steroid dienone is 1. The summed E-state index contributed by atoms with van der Waals surface area (Å²) in [6.07, 6.45) is 8.30. The molecule has 1 unspecified atom stereocenters. The molecule has 1 aliphatic rings. The Hall–Kier alpha value is -0.370. The lowest BCUT2D eigenvalue weighted by Gasteiger charge is -2.23. The van der Waals surface area contributed by atoms with Crippen LogP contribution in [0.15, 0.2) is 11.6 Å². The summed E-state index contributed by atoms with van der Waals surface area (Å²) < 4.78 is 14.0. The number of nitrogens with one attached hydrogen (secondary N) is 1. The molecule has 0 aromatic rings. The van der Waals surface area contributed by atoms with Crippen LogP contribution in [0.2, 0.25) is 0 Å². The van der Waals surface area contributed by atoms with Crippen molar-refractivity contribution in [3.63, 3.8) is 0 Å². The monoisotopic (exact) mass is 227 g/mol. The van der Waals surface area contributed by atoms with Gasteiger partial charge in [-0.15, -0.1) is 0 Å². The summed E-state index contributed by atoms with van der Waals surface area (Å²) in [5, 5.41) is 3.24. The Labute approximate surface area is 99.5 Å². The van der Waals surface area contributed by atoms with Crippen LogP contribution in [0.25, 0.3) is 0 Å². The van der Waals surface area contributed by atoms with E-state index >= 15 is 0 Å². The van der Waals surface area contributed by atoms with Crippen molar-refractivity contribution in [3.8, 4) is 0 Å². The van der Waals surface area contributed by atoms with Crippen molar-refractivity contribution in [3.05, 3.63) is 11.6 Å². The van der Waals surface area contributed by atoms with E-state index in [0.717, 1.165) is 24.8 Å². The molecule has 0 aromatic heterocycles. The third-order valence-corrected chi connectivity index (χ3v) is 3.04. The minimum absolute atomic E-state index is 0.00647. The van der Waals surface area contributed by atoms with Crippen molar-refractivity contribution in [2.45, 2.75) is 71.0 Å². The molecule has 1 rings (SSSR count). The Bertz CT molecular complexity index is 227. The Balaban J connectivity index is 2.41. The van der Waals surface area contributed by atoms with Crippen molar-refractivity contribution >= 4 is 0 Å². The summed E-state index contributed by atoms with van der Waals surface area (Å²) in [6, 6.07) is 0. The highest BCUT2D eigenvalue weighted by molar-refractivity contribution is 5.09. The fourth-order valence-corrected chi connectivity index (χ4v) is 2.03. The van der Waals surface area contributed by atoms with Gasteiger partial charge >= 0.3 is 0 Å². The average molecular weight is 227 g/mol. The second-order valence-corrected chi connectivity index (χ2v) is 5.83. The fourth-order valence-electron chi connectivity index (χ4n) is 2.03. The molecule has 1 atom stereocenters. The molecule has 0 aromatic carbocycles. The lowest BCUT2D eigenvalue weighted by Crippen LogP contribution is -2.40. The quantitative estimate of drug-likeness (QED) is 0.719. The third-order valence-electron chi connectivity index (χ3n) is 3.04. The van der Waals surface area contributed by atoms with Gasteiger partial charge in [-0.1, -0.05) is 18.9 Å². The summed E-state index contributed by atoms with van der Waals surface area (Å²) >= 11 is 0. The molecule has 0 bridgehead atoms. The molecule has 0 amide bonds. The van der Waals surface area contributed by atoms with E-state index in [2.05, 4.69) is 32.2 Å². The molecular weight excluding hydrogens is 201 g/mol. The van der Waals surface area contributed by atoms with E-state index < -0.39 is 6.17 Å². The second-order valence-electron chi connectivity index (χ2n) is 5.83. The molecule has 0 radical (unpaired) electrons. The molecular formula is C14H26FN. The van der Waals surface area contributed by atoms with Crippen molar-refractivity contribution in [1.82, 2.24) is 5.32 Å². The van der Waals surface area contributed by atoms with E-state index in [1.807, 2.05) is 0 Å². The molecule has 0 spiro atoms. The van der Waals surface area contributed by atoms with Crippen LogP contribution in [-0.2, 0) is 0 Å². The standard InChI is InChI=1S/C14H26FN/c1-14(2,3)16-11-13(15)12-9-7-5-4-6-8-10-12/h9,13,16H,4-8,10-11H2,1-3H3. The van der Waals surface area contributed by atoms with E-state index in [0.29, 0.717) is 6.54 Å². The zero-order chi connectivity index (χ0) is 12.0. The highest BCUT2D eigenvalue weighted by atomic mass is 19.1. The lowest BCUT2D eigenvalue weighted by molar-refractivity contribution is 0.311. The first-order chi connectivity index (χ1) is 7.49. The summed E-state index contributed by atoms with van der Waals surface area (Å²) in [5.41, 5.74) is 1.03. The molecule has 0 heterocycles. The highest BCUT2D eigenvalue weighted by Crippen LogP contribution is 2.21. The molecule has 94 valence electrons. The molecule has 1 nitrogen and oxygen atoms in total. The van der Waals surface area contributed by atoms with Gasteiger partial charge in [-0.2, -0.15) is 0 Å².